The van der Waals surface area contributed by atoms with Gasteiger partial charge < -0.3 is 20.1 Å². The molecule has 20 heavy (non-hydrogen) atoms. The molecule has 1 aromatic rings. The van der Waals surface area contributed by atoms with Crippen LogP contribution in [0.25, 0.3) is 0 Å². The minimum Gasteiger partial charge on any atom is -0.481 e. The zero-order valence-corrected chi connectivity index (χ0v) is 11.6. The van der Waals surface area contributed by atoms with Crippen molar-refractivity contribution in [3.8, 4) is 0 Å². The average molecular weight is 280 g/mol. The SMILES string of the molecule is CN(CCC(=O)O)c1nccc(NC2CCCOC2)n1. The lowest BCUT2D eigenvalue weighted by Crippen LogP contribution is -2.30. The van der Waals surface area contributed by atoms with E-state index in [0.717, 1.165) is 25.3 Å². The molecule has 1 atom stereocenters. The molecule has 0 bridgehead atoms. The van der Waals surface area contributed by atoms with Crippen LogP contribution in [0.1, 0.15) is 19.3 Å². The molecule has 0 spiro atoms. The summed E-state index contributed by atoms with van der Waals surface area (Å²) < 4.78 is 5.42. The van der Waals surface area contributed by atoms with Crippen molar-refractivity contribution in [3.05, 3.63) is 12.3 Å². The van der Waals surface area contributed by atoms with Crippen LogP contribution in [0.4, 0.5) is 11.8 Å². The Hall–Kier alpha value is -1.89. The molecule has 1 saturated heterocycles. The van der Waals surface area contributed by atoms with Crippen LogP contribution < -0.4 is 10.2 Å². The monoisotopic (exact) mass is 280 g/mol. The highest BCUT2D eigenvalue weighted by molar-refractivity contribution is 5.67. The Bertz CT molecular complexity index is 449. The third-order valence-electron chi connectivity index (χ3n) is 3.16. The number of hydrogen-bond acceptors (Lipinski definition) is 6. The van der Waals surface area contributed by atoms with E-state index in [1.165, 1.54) is 0 Å². The van der Waals surface area contributed by atoms with Crippen molar-refractivity contribution in [2.75, 3.05) is 37.0 Å². The summed E-state index contributed by atoms with van der Waals surface area (Å²) in [6, 6.07) is 2.08. The smallest absolute Gasteiger partial charge is 0.305 e. The Morgan fingerprint density at radius 2 is 2.50 bits per heavy atom. The van der Waals surface area contributed by atoms with E-state index < -0.39 is 5.97 Å². The van der Waals surface area contributed by atoms with Crippen LogP contribution in [0.15, 0.2) is 12.3 Å². The van der Waals surface area contributed by atoms with Crippen LogP contribution in [0, 0.1) is 0 Å². The molecule has 0 radical (unpaired) electrons. The first kappa shape index (κ1) is 14.5. The molecule has 2 heterocycles. The average Bonchev–Trinajstić information content (AvgIpc) is 2.46. The summed E-state index contributed by atoms with van der Waals surface area (Å²) >= 11 is 0. The van der Waals surface area contributed by atoms with Gasteiger partial charge in [0.25, 0.3) is 0 Å². The van der Waals surface area contributed by atoms with Gasteiger partial charge in [-0.15, -0.1) is 0 Å². The topological polar surface area (TPSA) is 87.6 Å². The summed E-state index contributed by atoms with van der Waals surface area (Å²) in [5.74, 6) is 0.436. The molecule has 1 aromatic heterocycles. The number of hydrogen-bond donors (Lipinski definition) is 2. The van der Waals surface area contributed by atoms with Crippen molar-refractivity contribution in [1.29, 1.82) is 0 Å². The van der Waals surface area contributed by atoms with Gasteiger partial charge in [-0.1, -0.05) is 0 Å². The number of carboxylic acid groups (broad SMARTS) is 1. The summed E-state index contributed by atoms with van der Waals surface area (Å²) in [4.78, 5) is 20.9. The van der Waals surface area contributed by atoms with E-state index in [9.17, 15) is 4.79 Å². The first-order valence-electron chi connectivity index (χ1n) is 6.75. The molecule has 110 valence electrons. The number of carboxylic acids is 1. The van der Waals surface area contributed by atoms with E-state index in [1.54, 1.807) is 18.1 Å². The predicted octanol–water partition coefficient (Wildman–Crippen LogP) is 0.978. The maximum Gasteiger partial charge on any atom is 0.305 e. The first-order valence-corrected chi connectivity index (χ1v) is 6.75. The lowest BCUT2D eigenvalue weighted by atomic mass is 10.1. The van der Waals surface area contributed by atoms with Crippen LogP contribution in [0.3, 0.4) is 0 Å². The van der Waals surface area contributed by atoms with Crippen LogP contribution in [-0.4, -0.2) is 53.9 Å². The van der Waals surface area contributed by atoms with Crippen molar-refractivity contribution in [2.45, 2.75) is 25.3 Å². The predicted molar refractivity (Wildman–Crippen MR) is 75.0 cm³/mol. The Labute approximate surface area is 118 Å². The van der Waals surface area contributed by atoms with Gasteiger partial charge >= 0.3 is 5.97 Å². The van der Waals surface area contributed by atoms with E-state index in [1.807, 2.05) is 6.07 Å². The molecule has 0 aromatic carbocycles. The molecule has 2 N–H and O–H groups in total. The number of ether oxygens (including phenoxy) is 1. The van der Waals surface area contributed by atoms with Crippen molar-refractivity contribution < 1.29 is 14.6 Å². The van der Waals surface area contributed by atoms with Gasteiger partial charge in [0.15, 0.2) is 0 Å². The minimum absolute atomic E-state index is 0.0635. The van der Waals surface area contributed by atoms with Crippen LogP contribution >= 0.6 is 0 Å². The quantitative estimate of drug-likeness (QED) is 0.803. The molecule has 1 aliphatic heterocycles. The van der Waals surface area contributed by atoms with E-state index in [-0.39, 0.29) is 12.5 Å². The van der Waals surface area contributed by atoms with Gasteiger partial charge in [-0.2, -0.15) is 4.98 Å². The van der Waals surface area contributed by atoms with Gasteiger partial charge in [-0.3, -0.25) is 4.79 Å². The number of aromatic nitrogens is 2. The van der Waals surface area contributed by atoms with E-state index in [2.05, 4.69) is 15.3 Å². The third kappa shape index (κ3) is 4.34. The maximum absolute atomic E-state index is 10.6. The van der Waals surface area contributed by atoms with Crippen LogP contribution in [0.2, 0.25) is 0 Å². The summed E-state index contributed by atoms with van der Waals surface area (Å²) in [5, 5.41) is 12.0. The maximum atomic E-state index is 10.6. The third-order valence-corrected chi connectivity index (χ3v) is 3.16. The number of carbonyl (C=O) groups is 1. The van der Waals surface area contributed by atoms with E-state index in [4.69, 9.17) is 9.84 Å². The zero-order chi connectivity index (χ0) is 14.4. The first-order chi connectivity index (χ1) is 9.65. The summed E-state index contributed by atoms with van der Waals surface area (Å²) in [5.41, 5.74) is 0. The van der Waals surface area contributed by atoms with Gasteiger partial charge in [0.1, 0.15) is 5.82 Å². The van der Waals surface area contributed by atoms with Gasteiger partial charge in [0.2, 0.25) is 5.95 Å². The van der Waals surface area contributed by atoms with Crippen molar-refractivity contribution in [2.24, 2.45) is 0 Å². The molecule has 0 saturated carbocycles. The lowest BCUT2D eigenvalue weighted by molar-refractivity contribution is -0.136. The summed E-state index contributed by atoms with van der Waals surface area (Å²) in [6.07, 6.45) is 3.85. The lowest BCUT2D eigenvalue weighted by Gasteiger charge is -2.24. The Kier molecular flexibility index (Phi) is 5.11. The van der Waals surface area contributed by atoms with E-state index >= 15 is 0 Å². The van der Waals surface area contributed by atoms with Crippen molar-refractivity contribution in [3.63, 3.8) is 0 Å². The Morgan fingerprint density at radius 3 is 3.20 bits per heavy atom. The largest absolute Gasteiger partial charge is 0.481 e. The fourth-order valence-electron chi connectivity index (χ4n) is 2.04. The number of nitrogens with zero attached hydrogens (tertiary/aromatic N) is 3. The number of anilines is 2. The number of rotatable bonds is 6. The van der Waals surface area contributed by atoms with Crippen LogP contribution in [0.5, 0.6) is 0 Å². The fourth-order valence-corrected chi connectivity index (χ4v) is 2.04. The molecule has 2 rings (SSSR count). The normalized spacial score (nSPS) is 18.6. The van der Waals surface area contributed by atoms with Gasteiger partial charge in [-0.25, -0.2) is 4.98 Å². The second kappa shape index (κ2) is 7.04. The Morgan fingerprint density at radius 1 is 1.65 bits per heavy atom. The summed E-state index contributed by atoms with van der Waals surface area (Å²) in [6.45, 7) is 1.89. The molecule has 1 aliphatic rings. The standard InChI is InChI=1S/C13H20N4O3/c1-17(7-5-12(18)19)13-14-6-4-11(16-13)15-10-3-2-8-20-9-10/h4,6,10H,2-3,5,7-9H2,1H3,(H,18,19)(H,14,15,16). The molecule has 7 heteroatoms. The molecule has 0 amide bonds. The van der Waals surface area contributed by atoms with Gasteiger partial charge in [0, 0.05) is 26.4 Å². The number of nitrogens with one attached hydrogen (secondary N) is 1. The second-order valence-corrected chi connectivity index (χ2v) is 4.87. The van der Waals surface area contributed by atoms with Crippen molar-refractivity contribution in [1.82, 2.24) is 9.97 Å². The molecule has 0 aliphatic carbocycles. The Balaban J connectivity index is 1.94. The molecule has 1 fully saturated rings. The molecule has 7 nitrogen and oxygen atoms in total. The molecule has 1 unspecified atom stereocenters. The second-order valence-electron chi connectivity index (χ2n) is 4.87. The fraction of sp³-hybridized carbons (Fsp3) is 0.615. The highest BCUT2D eigenvalue weighted by Gasteiger charge is 2.14. The molecular weight excluding hydrogens is 260 g/mol. The number of aliphatic carboxylic acids is 1. The highest BCUT2D eigenvalue weighted by atomic mass is 16.5. The van der Waals surface area contributed by atoms with Crippen LogP contribution in [-0.2, 0) is 9.53 Å². The van der Waals surface area contributed by atoms with Crippen molar-refractivity contribution >= 4 is 17.7 Å². The van der Waals surface area contributed by atoms with E-state index in [0.29, 0.717) is 19.1 Å². The zero-order valence-electron chi connectivity index (χ0n) is 11.6. The highest BCUT2D eigenvalue weighted by Crippen LogP contribution is 2.14. The molecular formula is C13H20N4O3. The minimum atomic E-state index is -0.828. The van der Waals surface area contributed by atoms with Gasteiger partial charge in [0.05, 0.1) is 19.1 Å². The summed E-state index contributed by atoms with van der Waals surface area (Å²) in [7, 11) is 1.78. The van der Waals surface area contributed by atoms with Gasteiger partial charge in [-0.05, 0) is 18.9 Å².